The standard InChI is InChI=1S/C29H27N3O4.C2H6/c1-18-14-21(23-6-2-4-8-26(23)30-18)17-36-22-12-10-19(11-13-22)15-20-16-25(20)28(33)31-27-9-5-3-7-24(27)29(34)32-35;1-2/h2-14,20,25,35H,15-17H2,1H3,(H,31,33)(H,32,34);1-2H3. The summed E-state index contributed by atoms with van der Waals surface area (Å²) in [5.74, 6) is 0.170. The molecule has 2 atom stereocenters. The monoisotopic (exact) mass is 511 g/mol. The fourth-order valence-electron chi connectivity index (χ4n) is 4.57. The lowest BCUT2D eigenvalue weighted by atomic mass is 10.1. The molecule has 2 amide bonds. The number of aromatic nitrogens is 1. The van der Waals surface area contributed by atoms with Gasteiger partial charge in [0.25, 0.3) is 5.91 Å². The number of carbonyl (C=O) groups is 2. The summed E-state index contributed by atoms with van der Waals surface area (Å²) in [6.45, 7) is 6.45. The maximum atomic E-state index is 12.7. The van der Waals surface area contributed by atoms with Crippen LogP contribution in [0.5, 0.6) is 5.75 Å². The Balaban J connectivity index is 0.00000164. The van der Waals surface area contributed by atoms with Gasteiger partial charge in [0.2, 0.25) is 5.91 Å². The average Bonchev–Trinajstić information content (AvgIpc) is 3.72. The Bertz CT molecular complexity index is 1420. The number of aryl methyl sites for hydroxylation is 1. The second-order valence-electron chi connectivity index (χ2n) is 9.15. The summed E-state index contributed by atoms with van der Waals surface area (Å²) < 4.78 is 6.05. The topological polar surface area (TPSA) is 101 Å². The summed E-state index contributed by atoms with van der Waals surface area (Å²) in [5.41, 5.74) is 6.40. The van der Waals surface area contributed by atoms with Crippen molar-refractivity contribution < 1.29 is 19.5 Å². The molecule has 196 valence electrons. The van der Waals surface area contributed by atoms with Crippen molar-refractivity contribution in [1.82, 2.24) is 10.5 Å². The number of anilines is 1. The molecule has 5 rings (SSSR count). The Morgan fingerprint density at radius 2 is 1.71 bits per heavy atom. The van der Waals surface area contributed by atoms with Crippen LogP contribution in [-0.2, 0) is 17.8 Å². The Kier molecular flexibility index (Phi) is 8.71. The first-order valence-electron chi connectivity index (χ1n) is 12.9. The molecule has 0 aliphatic heterocycles. The molecule has 0 spiro atoms. The molecule has 1 aromatic heterocycles. The van der Waals surface area contributed by atoms with Crippen molar-refractivity contribution in [1.29, 1.82) is 0 Å². The number of rotatable bonds is 8. The Labute approximate surface area is 222 Å². The van der Waals surface area contributed by atoms with Gasteiger partial charge in [-0.25, -0.2) is 5.48 Å². The number of para-hydroxylation sites is 2. The van der Waals surface area contributed by atoms with Gasteiger partial charge >= 0.3 is 0 Å². The quantitative estimate of drug-likeness (QED) is 0.196. The molecule has 0 radical (unpaired) electrons. The van der Waals surface area contributed by atoms with Crippen LogP contribution in [0.15, 0.2) is 78.9 Å². The first-order valence-corrected chi connectivity index (χ1v) is 12.9. The number of nitrogens with zero attached hydrogens (tertiary/aromatic N) is 1. The minimum Gasteiger partial charge on any atom is -0.489 e. The first-order chi connectivity index (χ1) is 18.5. The molecule has 3 aromatic carbocycles. The molecule has 7 nitrogen and oxygen atoms in total. The van der Waals surface area contributed by atoms with E-state index in [0.717, 1.165) is 46.3 Å². The number of carbonyl (C=O) groups excluding carboxylic acids is 2. The zero-order valence-corrected chi connectivity index (χ0v) is 21.9. The summed E-state index contributed by atoms with van der Waals surface area (Å²) in [6.07, 6.45) is 1.60. The number of hydroxylamine groups is 1. The van der Waals surface area contributed by atoms with Gasteiger partial charge in [-0.05, 0) is 67.6 Å². The fraction of sp³-hybridized carbons (Fsp3) is 0.258. The van der Waals surface area contributed by atoms with Gasteiger partial charge in [-0.1, -0.05) is 56.3 Å². The molecular formula is C31H33N3O4. The van der Waals surface area contributed by atoms with Gasteiger partial charge in [0.05, 0.1) is 16.8 Å². The van der Waals surface area contributed by atoms with Crippen molar-refractivity contribution in [3.63, 3.8) is 0 Å². The summed E-state index contributed by atoms with van der Waals surface area (Å²) in [7, 11) is 0. The zero-order chi connectivity index (χ0) is 27.1. The highest BCUT2D eigenvalue weighted by molar-refractivity contribution is 6.04. The van der Waals surface area contributed by atoms with E-state index in [1.54, 1.807) is 29.7 Å². The number of hydrogen-bond acceptors (Lipinski definition) is 5. The van der Waals surface area contributed by atoms with Gasteiger partial charge in [-0.3, -0.25) is 19.8 Å². The summed E-state index contributed by atoms with van der Waals surface area (Å²) in [4.78, 5) is 29.1. The third-order valence-corrected chi connectivity index (χ3v) is 6.54. The third-order valence-electron chi connectivity index (χ3n) is 6.54. The maximum absolute atomic E-state index is 12.7. The predicted molar refractivity (Wildman–Crippen MR) is 148 cm³/mol. The SMILES string of the molecule is CC.Cc1cc(COc2ccc(CC3CC3C(=O)Nc3ccccc3C(=O)NO)cc2)c2ccccc2n1. The minimum absolute atomic E-state index is 0.102. The van der Waals surface area contributed by atoms with Gasteiger partial charge in [0, 0.05) is 22.6 Å². The average molecular weight is 512 g/mol. The van der Waals surface area contributed by atoms with E-state index in [2.05, 4.69) is 22.4 Å². The van der Waals surface area contributed by atoms with Crippen LogP contribution < -0.4 is 15.5 Å². The Morgan fingerprint density at radius 3 is 2.47 bits per heavy atom. The molecule has 1 saturated carbocycles. The molecule has 0 bridgehead atoms. The molecule has 2 unspecified atom stereocenters. The number of hydrogen-bond donors (Lipinski definition) is 3. The number of amides is 2. The molecule has 7 heteroatoms. The largest absolute Gasteiger partial charge is 0.489 e. The fourth-order valence-corrected chi connectivity index (χ4v) is 4.57. The molecule has 4 aromatic rings. The zero-order valence-electron chi connectivity index (χ0n) is 21.9. The van der Waals surface area contributed by atoms with E-state index in [1.165, 1.54) is 0 Å². The predicted octanol–water partition coefficient (Wildman–Crippen LogP) is 6.08. The van der Waals surface area contributed by atoms with Crippen molar-refractivity contribution >= 4 is 28.4 Å². The van der Waals surface area contributed by atoms with Gasteiger partial charge in [-0.15, -0.1) is 0 Å². The van der Waals surface area contributed by atoms with E-state index < -0.39 is 5.91 Å². The summed E-state index contributed by atoms with van der Waals surface area (Å²) >= 11 is 0. The maximum Gasteiger partial charge on any atom is 0.276 e. The molecule has 1 fully saturated rings. The smallest absolute Gasteiger partial charge is 0.276 e. The number of benzene rings is 3. The highest BCUT2D eigenvalue weighted by Crippen LogP contribution is 2.42. The summed E-state index contributed by atoms with van der Waals surface area (Å²) in [5, 5.41) is 12.8. The van der Waals surface area contributed by atoms with E-state index in [0.29, 0.717) is 12.3 Å². The molecule has 1 aliphatic rings. The van der Waals surface area contributed by atoms with Crippen LogP contribution in [0, 0.1) is 18.8 Å². The second-order valence-corrected chi connectivity index (χ2v) is 9.15. The number of pyridine rings is 1. The van der Waals surface area contributed by atoms with Crippen LogP contribution in [-0.4, -0.2) is 22.0 Å². The van der Waals surface area contributed by atoms with Gasteiger partial charge in [0.15, 0.2) is 0 Å². The molecule has 38 heavy (non-hydrogen) atoms. The van der Waals surface area contributed by atoms with E-state index in [1.807, 2.05) is 63.2 Å². The molecule has 1 aliphatic carbocycles. The molecule has 1 heterocycles. The van der Waals surface area contributed by atoms with Crippen molar-refractivity contribution in [2.45, 2.75) is 40.2 Å². The lowest BCUT2D eigenvalue weighted by Gasteiger charge is -2.11. The van der Waals surface area contributed by atoms with E-state index in [4.69, 9.17) is 9.94 Å². The Hall–Kier alpha value is -4.23. The van der Waals surface area contributed by atoms with Crippen LogP contribution in [0.3, 0.4) is 0 Å². The second kappa shape index (κ2) is 12.3. The lowest BCUT2D eigenvalue weighted by Crippen LogP contribution is -2.22. The van der Waals surface area contributed by atoms with Crippen molar-refractivity contribution in [2.24, 2.45) is 11.8 Å². The summed E-state index contributed by atoms with van der Waals surface area (Å²) in [6, 6.07) is 24.7. The third kappa shape index (κ3) is 6.36. The van der Waals surface area contributed by atoms with E-state index in [9.17, 15) is 9.59 Å². The van der Waals surface area contributed by atoms with Crippen LogP contribution >= 0.6 is 0 Å². The number of nitrogens with one attached hydrogen (secondary N) is 2. The molecular weight excluding hydrogens is 478 g/mol. The molecule has 3 N–H and O–H groups in total. The number of ether oxygens (including phenoxy) is 1. The van der Waals surface area contributed by atoms with E-state index >= 15 is 0 Å². The van der Waals surface area contributed by atoms with Gasteiger partial charge in [0.1, 0.15) is 12.4 Å². The molecule has 0 saturated heterocycles. The minimum atomic E-state index is -0.659. The van der Waals surface area contributed by atoms with Crippen LogP contribution in [0.4, 0.5) is 5.69 Å². The highest BCUT2D eigenvalue weighted by Gasteiger charge is 2.42. The Morgan fingerprint density at radius 1 is 1.00 bits per heavy atom. The van der Waals surface area contributed by atoms with Gasteiger partial charge in [-0.2, -0.15) is 0 Å². The van der Waals surface area contributed by atoms with Crippen LogP contribution in [0.1, 0.15) is 47.4 Å². The van der Waals surface area contributed by atoms with Crippen molar-refractivity contribution in [3.8, 4) is 5.75 Å². The van der Waals surface area contributed by atoms with Crippen LogP contribution in [0.25, 0.3) is 10.9 Å². The highest BCUT2D eigenvalue weighted by atomic mass is 16.5. The lowest BCUT2D eigenvalue weighted by molar-refractivity contribution is -0.117. The number of fused-ring (bicyclic) bond motifs is 1. The normalized spacial score (nSPS) is 15.7. The first kappa shape index (κ1) is 26.8. The van der Waals surface area contributed by atoms with Crippen molar-refractivity contribution in [2.75, 3.05) is 5.32 Å². The van der Waals surface area contributed by atoms with Crippen LogP contribution in [0.2, 0.25) is 0 Å². The van der Waals surface area contributed by atoms with Gasteiger partial charge < -0.3 is 10.1 Å². The van der Waals surface area contributed by atoms with Crippen molar-refractivity contribution in [3.05, 3.63) is 101 Å². The van der Waals surface area contributed by atoms with E-state index in [-0.39, 0.29) is 23.3 Å².